The van der Waals surface area contributed by atoms with Gasteiger partial charge in [-0.1, -0.05) is 85.0 Å². The Kier molecular flexibility index (Phi) is 6.64. The minimum Gasteiger partial charge on any atom is -0.489 e. The summed E-state index contributed by atoms with van der Waals surface area (Å²) in [6.07, 6.45) is 31.8. The molecule has 220 valence electrons. The van der Waals surface area contributed by atoms with Crippen molar-refractivity contribution in [2.45, 2.75) is 88.6 Å². The van der Waals surface area contributed by atoms with Crippen molar-refractivity contribution in [3.05, 3.63) is 119 Å². The molecule has 0 spiro atoms. The summed E-state index contributed by atoms with van der Waals surface area (Å²) in [4.78, 5) is 0. The second-order valence-electron chi connectivity index (χ2n) is 14.7. The van der Waals surface area contributed by atoms with Gasteiger partial charge in [0.25, 0.3) is 0 Å². The molecule has 1 saturated carbocycles. The highest BCUT2D eigenvalue weighted by Gasteiger charge is 2.52. The molecule has 0 aromatic heterocycles. The minimum atomic E-state index is 0.304. The summed E-state index contributed by atoms with van der Waals surface area (Å²) in [5, 5.41) is 0. The van der Waals surface area contributed by atoms with Gasteiger partial charge in [0.05, 0.1) is 0 Å². The van der Waals surface area contributed by atoms with Crippen molar-refractivity contribution >= 4 is 5.57 Å². The summed E-state index contributed by atoms with van der Waals surface area (Å²) in [5.74, 6) is 6.34. The predicted molar refractivity (Wildman–Crippen MR) is 177 cm³/mol. The Morgan fingerprint density at radius 1 is 0.628 bits per heavy atom. The molecule has 9 rings (SSSR count). The van der Waals surface area contributed by atoms with E-state index in [4.69, 9.17) is 4.74 Å². The van der Waals surface area contributed by atoms with Gasteiger partial charge in [0.1, 0.15) is 11.9 Å². The Morgan fingerprint density at radius 2 is 1.47 bits per heavy atom. The van der Waals surface area contributed by atoms with Gasteiger partial charge in [-0.25, -0.2) is 0 Å². The molecule has 0 amide bonds. The van der Waals surface area contributed by atoms with Crippen LogP contribution in [0.15, 0.2) is 102 Å². The highest BCUT2D eigenvalue weighted by molar-refractivity contribution is 5.79. The number of ether oxygens (including phenoxy) is 1. The summed E-state index contributed by atoms with van der Waals surface area (Å²) >= 11 is 0. The van der Waals surface area contributed by atoms with Crippen molar-refractivity contribution in [3.8, 4) is 5.75 Å². The molecule has 0 N–H and O–H groups in total. The first-order valence-corrected chi connectivity index (χ1v) is 17.6. The molecule has 0 saturated heterocycles. The van der Waals surface area contributed by atoms with Gasteiger partial charge >= 0.3 is 0 Å². The summed E-state index contributed by atoms with van der Waals surface area (Å²) in [6.45, 7) is 0. The molecular formula is C42H46O. The summed E-state index contributed by atoms with van der Waals surface area (Å²) in [5.41, 5.74) is 9.74. The molecule has 2 aromatic rings. The van der Waals surface area contributed by atoms with E-state index in [1.54, 1.807) is 27.8 Å². The Balaban J connectivity index is 1.15. The van der Waals surface area contributed by atoms with Gasteiger partial charge in [-0.2, -0.15) is 0 Å². The fraction of sp³-hybridized carbons (Fsp3) is 0.476. The second kappa shape index (κ2) is 10.8. The van der Waals surface area contributed by atoms with Crippen LogP contribution in [-0.4, -0.2) is 6.10 Å². The van der Waals surface area contributed by atoms with Crippen LogP contribution in [0.1, 0.15) is 99.2 Å². The van der Waals surface area contributed by atoms with Gasteiger partial charge in [-0.05, 0) is 146 Å². The first kappa shape index (κ1) is 26.4. The van der Waals surface area contributed by atoms with E-state index in [9.17, 15) is 0 Å². The van der Waals surface area contributed by atoms with Gasteiger partial charge in [-0.3, -0.25) is 0 Å². The molecule has 1 fully saturated rings. The summed E-state index contributed by atoms with van der Waals surface area (Å²) in [7, 11) is 0. The van der Waals surface area contributed by atoms with Gasteiger partial charge in [0, 0.05) is 11.5 Å². The first-order chi connectivity index (χ1) is 21.3. The van der Waals surface area contributed by atoms with Crippen LogP contribution in [0.25, 0.3) is 5.57 Å². The second-order valence-corrected chi connectivity index (χ2v) is 14.7. The van der Waals surface area contributed by atoms with Crippen LogP contribution in [0.2, 0.25) is 0 Å². The third-order valence-corrected chi connectivity index (χ3v) is 12.8. The standard InChI is InChI=1S/C42H46O/c1-2-13-28(14-3-1)31-24-25-37(41-36-20-10-11-21-38(36)43-42(31)41)40-34-18-8-6-16-32(34)39(33-17-7-9-19-35(33)40)30-23-22-27-12-4-5-15-29(27)26-30/h1-2,4,6,8-12,16,18-22,28-31,33,37,39,41-42H,3,5,7,13-15,17,23-26H2. The maximum absolute atomic E-state index is 7.01. The van der Waals surface area contributed by atoms with E-state index in [1.165, 1.54) is 76.2 Å². The molecule has 9 atom stereocenters. The van der Waals surface area contributed by atoms with Crippen LogP contribution in [0, 0.1) is 35.5 Å². The number of allylic oxidation sites excluding steroid dienone is 10. The molecule has 0 bridgehead atoms. The lowest BCUT2D eigenvalue weighted by Gasteiger charge is -2.48. The molecule has 1 nitrogen and oxygen atoms in total. The van der Waals surface area contributed by atoms with E-state index in [-0.39, 0.29) is 0 Å². The molecule has 6 aliphatic carbocycles. The molecule has 1 heteroatoms. The van der Waals surface area contributed by atoms with Crippen molar-refractivity contribution in [2.24, 2.45) is 35.5 Å². The summed E-state index contributed by atoms with van der Waals surface area (Å²) in [6, 6.07) is 18.8. The lowest BCUT2D eigenvalue weighted by atomic mass is 9.56. The Labute approximate surface area is 258 Å². The fourth-order valence-electron chi connectivity index (χ4n) is 11.0. The zero-order valence-electron chi connectivity index (χ0n) is 25.5. The molecule has 0 radical (unpaired) electrons. The SMILES string of the molecule is C1=CC2=CCC(C3c4ccccc4C(C4CCC(C5CC=CCC5)C5Oc6ccccc6C45)=C4C=CCCC43)CC2CC1. The smallest absolute Gasteiger partial charge is 0.123 e. The Bertz CT molecular complexity index is 1550. The van der Waals surface area contributed by atoms with E-state index in [2.05, 4.69) is 91.1 Å². The van der Waals surface area contributed by atoms with E-state index in [0.29, 0.717) is 35.7 Å². The number of benzene rings is 2. The third-order valence-electron chi connectivity index (χ3n) is 12.8. The largest absolute Gasteiger partial charge is 0.489 e. The molecule has 1 heterocycles. The molecule has 7 aliphatic rings. The Morgan fingerprint density at radius 3 is 2.40 bits per heavy atom. The van der Waals surface area contributed by atoms with E-state index >= 15 is 0 Å². The highest BCUT2D eigenvalue weighted by atomic mass is 16.5. The van der Waals surface area contributed by atoms with Crippen LogP contribution in [0.4, 0.5) is 0 Å². The molecule has 1 aliphatic heterocycles. The molecule has 9 unspecified atom stereocenters. The topological polar surface area (TPSA) is 9.23 Å². The van der Waals surface area contributed by atoms with Crippen molar-refractivity contribution in [2.75, 3.05) is 0 Å². The number of rotatable bonds is 3. The molecule has 43 heavy (non-hydrogen) atoms. The van der Waals surface area contributed by atoms with Crippen molar-refractivity contribution in [1.29, 1.82) is 0 Å². The van der Waals surface area contributed by atoms with Crippen LogP contribution < -0.4 is 4.74 Å². The van der Waals surface area contributed by atoms with E-state index in [0.717, 1.165) is 23.5 Å². The van der Waals surface area contributed by atoms with E-state index < -0.39 is 0 Å². The number of hydrogen-bond donors (Lipinski definition) is 0. The zero-order valence-corrected chi connectivity index (χ0v) is 25.5. The highest BCUT2D eigenvalue weighted by Crippen LogP contribution is 2.61. The monoisotopic (exact) mass is 566 g/mol. The number of hydrogen-bond acceptors (Lipinski definition) is 1. The quantitative estimate of drug-likeness (QED) is 0.336. The van der Waals surface area contributed by atoms with Gasteiger partial charge in [-0.15, -0.1) is 0 Å². The van der Waals surface area contributed by atoms with Gasteiger partial charge < -0.3 is 4.74 Å². The third kappa shape index (κ3) is 4.32. The normalized spacial score (nSPS) is 37.4. The van der Waals surface area contributed by atoms with Gasteiger partial charge in [0.15, 0.2) is 0 Å². The predicted octanol–water partition coefficient (Wildman–Crippen LogP) is 10.7. The van der Waals surface area contributed by atoms with Gasteiger partial charge in [0.2, 0.25) is 0 Å². The maximum atomic E-state index is 7.01. The molecule has 2 aromatic carbocycles. The van der Waals surface area contributed by atoms with Crippen LogP contribution in [0.5, 0.6) is 5.75 Å². The Hall–Kier alpha value is -3.06. The number of fused-ring (bicyclic) bond motifs is 6. The fourth-order valence-corrected chi connectivity index (χ4v) is 11.0. The van der Waals surface area contributed by atoms with Crippen molar-refractivity contribution < 1.29 is 4.74 Å². The van der Waals surface area contributed by atoms with Crippen molar-refractivity contribution in [1.82, 2.24) is 0 Å². The number of para-hydroxylation sites is 1. The van der Waals surface area contributed by atoms with E-state index in [1.807, 2.05) is 0 Å². The summed E-state index contributed by atoms with van der Waals surface area (Å²) < 4.78 is 7.01. The van der Waals surface area contributed by atoms with Crippen molar-refractivity contribution in [3.63, 3.8) is 0 Å². The lowest BCUT2D eigenvalue weighted by molar-refractivity contribution is 0.0436. The average Bonchev–Trinajstić information content (AvgIpc) is 3.47. The first-order valence-electron chi connectivity index (χ1n) is 17.6. The van der Waals surface area contributed by atoms with Crippen LogP contribution >= 0.6 is 0 Å². The molecular weight excluding hydrogens is 520 g/mol. The lowest BCUT2D eigenvalue weighted by Crippen LogP contribution is -2.43. The van der Waals surface area contributed by atoms with Crippen LogP contribution in [0.3, 0.4) is 0 Å². The average molecular weight is 567 g/mol. The zero-order chi connectivity index (χ0) is 28.3. The van der Waals surface area contributed by atoms with Crippen LogP contribution in [-0.2, 0) is 0 Å². The maximum Gasteiger partial charge on any atom is 0.123 e. The minimum absolute atomic E-state index is 0.304.